The second-order valence-corrected chi connectivity index (χ2v) is 4.66. The van der Waals surface area contributed by atoms with Gasteiger partial charge >= 0.3 is 0 Å². The fourth-order valence-electron chi connectivity index (χ4n) is 2.34. The molecule has 0 spiro atoms. The lowest BCUT2D eigenvalue weighted by Gasteiger charge is -1.99. The van der Waals surface area contributed by atoms with Gasteiger partial charge in [0.1, 0.15) is 5.82 Å². The van der Waals surface area contributed by atoms with Crippen molar-refractivity contribution >= 4 is 21.9 Å². The van der Waals surface area contributed by atoms with E-state index in [1.807, 2.05) is 30.3 Å². The maximum absolute atomic E-state index is 13.2. The lowest BCUT2D eigenvalue weighted by Crippen LogP contribution is -1.87. The topological polar surface area (TPSA) is 41.6 Å². The standard InChI is InChI=1S/C16H10FN3/c17-12-5-3-11-8-15(19-14(11)9-12)13-6-4-10-2-1-7-18-16(10)20-13/h1-9,19H. The van der Waals surface area contributed by atoms with Crippen LogP contribution in [-0.2, 0) is 0 Å². The van der Waals surface area contributed by atoms with Gasteiger partial charge in [-0.3, -0.25) is 0 Å². The first kappa shape index (κ1) is 11.1. The number of rotatable bonds is 1. The first-order valence-electron chi connectivity index (χ1n) is 6.30. The van der Waals surface area contributed by atoms with Crippen LogP contribution in [0.3, 0.4) is 0 Å². The number of halogens is 1. The predicted octanol–water partition coefficient (Wildman–Crippen LogP) is 3.92. The molecule has 0 unspecified atom stereocenters. The van der Waals surface area contributed by atoms with E-state index in [1.165, 1.54) is 12.1 Å². The molecule has 3 heterocycles. The smallest absolute Gasteiger partial charge is 0.159 e. The van der Waals surface area contributed by atoms with Crippen LogP contribution < -0.4 is 0 Å². The molecular formula is C16H10FN3. The van der Waals surface area contributed by atoms with E-state index in [1.54, 1.807) is 12.3 Å². The summed E-state index contributed by atoms with van der Waals surface area (Å²) in [6.45, 7) is 0. The van der Waals surface area contributed by atoms with Gasteiger partial charge in [0, 0.05) is 22.5 Å². The molecule has 0 fully saturated rings. The van der Waals surface area contributed by atoms with Crippen molar-refractivity contribution in [2.24, 2.45) is 0 Å². The van der Waals surface area contributed by atoms with Crippen LogP contribution in [0.25, 0.3) is 33.3 Å². The third kappa shape index (κ3) is 1.73. The van der Waals surface area contributed by atoms with Crippen molar-refractivity contribution in [3.63, 3.8) is 0 Å². The second kappa shape index (κ2) is 4.13. The Morgan fingerprint density at radius 3 is 2.80 bits per heavy atom. The van der Waals surface area contributed by atoms with Gasteiger partial charge in [-0.15, -0.1) is 0 Å². The average molecular weight is 263 g/mol. The first-order chi connectivity index (χ1) is 9.79. The van der Waals surface area contributed by atoms with Gasteiger partial charge in [-0.05, 0) is 48.5 Å². The van der Waals surface area contributed by atoms with E-state index in [9.17, 15) is 4.39 Å². The van der Waals surface area contributed by atoms with E-state index in [-0.39, 0.29) is 5.82 Å². The monoisotopic (exact) mass is 263 g/mol. The van der Waals surface area contributed by atoms with Gasteiger partial charge in [-0.1, -0.05) is 0 Å². The number of benzene rings is 1. The molecule has 0 aliphatic rings. The number of fused-ring (bicyclic) bond motifs is 2. The molecule has 0 bridgehead atoms. The van der Waals surface area contributed by atoms with Crippen LogP contribution in [-0.4, -0.2) is 15.0 Å². The van der Waals surface area contributed by atoms with Crippen molar-refractivity contribution in [1.82, 2.24) is 15.0 Å². The molecule has 3 nitrogen and oxygen atoms in total. The Morgan fingerprint density at radius 2 is 1.85 bits per heavy atom. The lowest BCUT2D eigenvalue weighted by molar-refractivity contribution is 0.629. The fourth-order valence-corrected chi connectivity index (χ4v) is 2.34. The summed E-state index contributed by atoms with van der Waals surface area (Å²) < 4.78 is 13.2. The fraction of sp³-hybridized carbons (Fsp3) is 0. The first-order valence-corrected chi connectivity index (χ1v) is 6.30. The highest BCUT2D eigenvalue weighted by atomic mass is 19.1. The zero-order valence-electron chi connectivity index (χ0n) is 10.5. The highest BCUT2D eigenvalue weighted by molar-refractivity contribution is 5.86. The van der Waals surface area contributed by atoms with E-state index in [2.05, 4.69) is 15.0 Å². The minimum atomic E-state index is -0.251. The molecule has 0 amide bonds. The van der Waals surface area contributed by atoms with E-state index in [0.29, 0.717) is 5.65 Å². The molecular weight excluding hydrogens is 253 g/mol. The third-order valence-electron chi connectivity index (χ3n) is 3.32. The van der Waals surface area contributed by atoms with Gasteiger partial charge < -0.3 is 4.98 Å². The van der Waals surface area contributed by atoms with Crippen LogP contribution in [0.1, 0.15) is 0 Å². The summed E-state index contributed by atoms with van der Waals surface area (Å²) in [6.07, 6.45) is 1.72. The molecule has 4 aromatic rings. The van der Waals surface area contributed by atoms with Crippen LogP contribution in [0.2, 0.25) is 0 Å². The average Bonchev–Trinajstić information content (AvgIpc) is 2.89. The largest absolute Gasteiger partial charge is 0.353 e. The highest BCUT2D eigenvalue weighted by Crippen LogP contribution is 2.24. The summed E-state index contributed by atoms with van der Waals surface area (Å²) in [5.41, 5.74) is 3.13. The normalized spacial score (nSPS) is 11.2. The number of aromatic amines is 1. The zero-order chi connectivity index (χ0) is 13.5. The molecule has 20 heavy (non-hydrogen) atoms. The molecule has 0 atom stereocenters. The number of nitrogens with one attached hydrogen (secondary N) is 1. The minimum absolute atomic E-state index is 0.251. The Kier molecular flexibility index (Phi) is 2.29. The molecule has 1 aromatic carbocycles. The summed E-state index contributed by atoms with van der Waals surface area (Å²) in [7, 11) is 0. The Bertz CT molecular complexity index is 927. The van der Waals surface area contributed by atoms with Crippen LogP contribution in [0.4, 0.5) is 4.39 Å². The van der Waals surface area contributed by atoms with Gasteiger partial charge in [0.15, 0.2) is 5.65 Å². The second-order valence-electron chi connectivity index (χ2n) is 4.66. The molecule has 0 aliphatic carbocycles. The third-order valence-corrected chi connectivity index (χ3v) is 3.32. The molecule has 0 saturated carbocycles. The number of nitrogens with zero attached hydrogens (tertiary/aromatic N) is 2. The van der Waals surface area contributed by atoms with Gasteiger partial charge in [-0.25, -0.2) is 14.4 Å². The minimum Gasteiger partial charge on any atom is -0.353 e. The summed E-state index contributed by atoms with van der Waals surface area (Å²) in [6, 6.07) is 14.4. The molecule has 4 rings (SSSR count). The van der Waals surface area contributed by atoms with Crippen molar-refractivity contribution < 1.29 is 4.39 Å². The van der Waals surface area contributed by atoms with Crippen molar-refractivity contribution in [2.45, 2.75) is 0 Å². The summed E-state index contributed by atoms with van der Waals surface area (Å²) in [5, 5.41) is 1.96. The van der Waals surface area contributed by atoms with E-state index >= 15 is 0 Å². The van der Waals surface area contributed by atoms with Crippen LogP contribution in [0, 0.1) is 5.82 Å². The van der Waals surface area contributed by atoms with Crippen molar-refractivity contribution in [3.05, 3.63) is 60.5 Å². The molecule has 0 radical (unpaired) electrons. The zero-order valence-corrected chi connectivity index (χ0v) is 10.5. The Morgan fingerprint density at radius 1 is 0.950 bits per heavy atom. The number of hydrogen-bond donors (Lipinski definition) is 1. The van der Waals surface area contributed by atoms with Crippen molar-refractivity contribution in [3.8, 4) is 11.4 Å². The van der Waals surface area contributed by atoms with Gasteiger partial charge in [0.2, 0.25) is 0 Å². The van der Waals surface area contributed by atoms with Crippen LogP contribution >= 0.6 is 0 Å². The Labute approximate surface area is 114 Å². The van der Waals surface area contributed by atoms with Gasteiger partial charge in [0.05, 0.1) is 11.4 Å². The van der Waals surface area contributed by atoms with Crippen LogP contribution in [0.5, 0.6) is 0 Å². The quantitative estimate of drug-likeness (QED) is 0.565. The SMILES string of the molecule is Fc1ccc2cc(-c3ccc4cccnc4n3)[nH]c2c1. The summed E-state index contributed by atoms with van der Waals surface area (Å²) in [5.74, 6) is -0.251. The number of hydrogen-bond acceptors (Lipinski definition) is 2. The van der Waals surface area contributed by atoms with Gasteiger partial charge in [0.25, 0.3) is 0 Å². The molecule has 3 aromatic heterocycles. The van der Waals surface area contributed by atoms with E-state index < -0.39 is 0 Å². The molecule has 0 aliphatic heterocycles. The maximum atomic E-state index is 13.2. The molecule has 96 valence electrons. The van der Waals surface area contributed by atoms with Crippen LogP contribution in [0.15, 0.2) is 54.7 Å². The van der Waals surface area contributed by atoms with Crippen molar-refractivity contribution in [1.29, 1.82) is 0 Å². The van der Waals surface area contributed by atoms with Crippen molar-refractivity contribution in [2.75, 3.05) is 0 Å². The van der Waals surface area contributed by atoms with Gasteiger partial charge in [-0.2, -0.15) is 0 Å². The Hall–Kier alpha value is -2.75. The molecule has 0 saturated heterocycles. The maximum Gasteiger partial charge on any atom is 0.159 e. The van der Waals surface area contributed by atoms with E-state index in [4.69, 9.17) is 0 Å². The molecule has 4 heteroatoms. The van der Waals surface area contributed by atoms with E-state index in [0.717, 1.165) is 27.7 Å². The number of H-pyrrole nitrogens is 1. The number of pyridine rings is 2. The highest BCUT2D eigenvalue weighted by Gasteiger charge is 2.06. The summed E-state index contributed by atoms with van der Waals surface area (Å²) in [4.78, 5) is 12.0. The lowest BCUT2D eigenvalue weighted by atomic mass is 10.2. The summed E-state index contributed by atoms with van der Waals surface area (Å²) >= 11 is 0. The Balaban J connectivity index is 1.91. The predicted molar refractivity (Wildman–Crippen MR) is 76.8 cm³/mol. The number of aromatic nitrogens is 3. The molecule has 1 N–H and O–H groups in total.